The van der Waals surface area contributed by atoms with Crippen LogP contribution < -0.4 is 4.74 Å². The molecule has 2 rings (SSSR count). The van der Waals surface area contributed by atoms with Crippen LogP contribution in [0.5, 0.6) is 5.75 Å². The first-order valence-electron chi connectivity index (χ1n) is 7.15. The number of pyridine rings is 1. The summed E-state index contributed by atoms with van der Waals surface area (Å²) in [6, 6.07) is 10.6. The van der Waals surface area contributed by atoms with E-state index in [0.717, 1.165) is 30.7 Å². The van der Waals surface area contributed by atoms with Crippen molar-refractivity contribution in [1.82, 2.24) is 4.98 Å². The van der Waals surface area contributed by atoms with E-state index in [1.54, 1.807) is 12.3 Å². The number of nitriles is 1. The zero-order valence-corrected chi connectivity index (χ0v) is 12.3. The van der Waals surface area contributed by atoms with Crippen LogP contribution in [0.25, 0.3) is 0 Å². The van der Waals surface area contributed by atoms with E-state index >= 15 is 0 Å². The molecule has 1 aromatic carbocycles. The van der Waals surface area contributed by atoms with Crippen molar-refractivity contribution in [3.8, 4) is 11.8 Å². The van der Waals surface area contributed by atoms with Crippen LogP contribution in [0.3, 0.4) is 0 Å². The highest BCUT2D eigenvalue weighted by Gasteiger charge is 2.34. The first-order valence-corrected chi connectivity index (χ1v) is 7.15. The number of alkyl halides is 3. The number of rotatable bonds is 6. The van der Waals surface area contributed by atoms with E-state index in [0.29, 0.717) is 13.0 Å². The number of unbranched alkanes of at least 4 members (excludes halogenated alkanes) is 1. The molecule has 0 bridgehead atoms. The van der Waals surface area contributed by atoms with Crippen LogP contribution in [0, 0.1) is 11.3 Å². The number of aromatic nitrogens is 1. The number of benzene rings is 1. The molecule has 1 heterocycles. The summed E-state index contributed by atoms with van der Waals surface area (Å²) in [5.41, 5.74) is -0.392. The van der Waals surface area contributed by atoms with Crippen LogP contribution in [0.15, 0.2) is 42.6 Å². The Balaban J connectivity index is 1.85. The number of aryl methyl sites for hydroxylation is 1. The maximum Gasteiger partial charge on any atom is 0.417 e. The molecule has 6 heteroatoms. The number of hydrogen-bond acceptors (Lipinski definition) is 3. The summed E-state index contributed by atoms with van der Waals surface area (Å²) in [4.78, 5) is 4.20. The third-order valence-corrected chi connectivity index (χ3v) is 3.24. The summed E-state index contributed by atoms with van der Waals surface area (Å²) >= 11 is 0. The molecule has 2 aromatic rings. The fraction of sp³-hybridized carbons (Fsp3) is 0.294. The molecule has 23 heavy (non-hydrogen) atoms. The van der Waals surface area contributed by atoms with E-state index in [4.69, 9.17) is 10.00 Å². The van der Waals surface area contributed by atoms with Crippen molar-refractivity contribution in [3.05, 3.63) is 59.4 Å². The minimum Gasteiger partial charge on any atom is -0.494 e. The second-order valence-corrected chi connectivity index (χ2v) is 4.94. The third-order valence-electron chi connectivity index (χ3n) is 3.24. The van der Waals surface area contributed by atoms with E-state index < -0.39 is 17.3 Å². The first-order chi connectivity index (χ1) is 11.0. The topological polar surface area (TPSA) is 45.9 Å². The van der Waals surface area contributed by atoms with Gasteiger partial charge in [0.05, 0.1) is 23.8 Å². The molecule has 0 saturated heterocycles. The first kappa shape index (κ1) is 16.8. The normalized spacial score (nSPS) is 11.0. The summed E-state index contributed by atoms with van der Waals surface area (Å²) in [5.74, 6) is 0.120. The molecule has 0 radical (unpaired) electrons. The zero-order chi connectivity index (χ0) is 16.7. The standard InChI is InChI=1S/C17H15F3N2O/c18-17(19,20)16-11-15(8-7-13(16)12-21)23-10-4-2-6-14-5-1-3-9-22-14/h1,3,5,7-9,11H,2,4,6,10H2. The van der Waals surface area contributed by atoms with Gasteiger partial charge in [-0.1, -0.05) is 6.07 Å². The summed E-state index contributed by atoms with van der Waals surface area (Å²) in [5, 5.41) is 8.73. The molecule has 0 aliphatic heterocycles. The number of halogens is 3. The Bertz CT molecular complexity index is 678. The highest BCUT2D eigenvalue weighted by Crippen LogP contribution is 2.34. The minimum atomic E-state index is -4.57. The highest BCUT2D eigenvalue weighted by atomic mass is 19.4. The Hall–Kier alpha value is -2.55. The number of hydrogen-bond donors (Lipinski definition) is 0. The van der Waals surface area contributed by atoms with Crippen LogP contribution in [0.1, 0.15) is 29.7 Å². The molecule has 0 fully saturated rings. The fourth-order valence-corrected chi connectivity index (χ4v) is 2.09. The van der Waals surface area contributed by atoms with Gasteiger partial charge in [0.25, 0.3) is 0 Å². The highest BCUT2D eigenvalue weighted by molar-refractivity contribution is 5.44. The van der Waals surface area contributed by atoms with Crippen LogP contribution >= 0.6 is 0 Å². The Labute approximate surface area is 132 Å². The molecule has 0 spiro atoms. The molecule has 120 valence electrons. The lowest BCUT2D eigenvalue weighted by Gasteiger charge is -2.11. The van der Waals surface area contributed by atoms with Crippen LogP contribution in [0.2, 0.25) is 0 Å². The van der Waals surface area contributed by atoms with Crippen molar-refractivity contribution >= 4 is 0 Å². The van der Waals surface area contributed by atoms with Gasteiger partial charge in [-0.3, -0.25) is 4.98 Å². The molecule has 0 saturated carbocycles. The summed E-state index contributed by atoms with van der Waals surface area (Å²) in [6.45, 7) is 0.316. The van der Waals surface area contributed by atoms with Crippen molar-refractivity contribution in [2.45, 2.75) is 25.4 Å². The van der Waals surface area contributed by atoms with Crippen molar-refractivity contribution in [2.75, 3.05) is 6.61 Å². The van der Waals surface area contributed by atoms with Gasteiger partial charge in [-0.25, -0.2) is 0 Å². The lowest BCUT2D eigenvalue weighted by molar-refractivity contribution is -0.137. The maximum absolute atomic E-state index is 12.8. The molecule has 0 unspecified atom stereocenters. The molecular weight excluding hydrogens is 305 g/mol. The van der Waals surface area contributed by atoms with Crippen molar-refractivity contribution in [3.63, 3.8) is 0 Å². The molecule has 0 aliphatic rings. The molecule has 0 aliphatic carbocycles. The van der Waals surface area contributed by atoms with Crippen LogP contribution in [-0.4, -0.2) is 11.6 Å². The fourth-order valence-electron chi connectivity index (χ4n) is 2.09. The van der Waals surface area contributed by atoms with E-state index in [2.05, 4.69) is 4.98 Å². The SMILES string of the molecule is N#Cc1ccc(OCCCCc2ccccn2)cc1C(F)(F)F. The average Bonchev–Trinajstić information content (AvgIpc) is 2.54. The van der Waals surface area contributed by atoms with Gasteiger partial charge in [-0.15, -0.1) is 0 Å². The smallest absolute Gasteiger partial charge is 0.417 e. The zero-order valence-electron chi connectivity index (χ0n) is 12.3. The Kier molecular flexibility index (Phi) is 5.58. The van der Waals surface area contributed by atoms with Crippen LogP contribution in [-0.2, 0) is 12.6 Å². The van der Waals surface area contributed by atoms with E-state index in [1.807, 2.05) is 18.2 Å². The Morgan fingerprint density at radius 3 is 2.61 bits per heavy atom. The molecule has 1 aromatic heterocycles. The van der Waals surface area contributed by atoms with Crippen molar-refractivity contribution < 1.29 is 17.9 Å². The summed E-state index contributed by atoms with van der Waals surface area (Å²) in [7, 11) is 0. The van der Waals surface area contributed by atoms with Gasteiger partial charge >= 0.3 is 6.18 Å². The second kappa shape index (κ2) is 7.63. The predicted octanol–water partition coefficient (Wildman–Crippen LogP) is 4.37. The van der Waals surface area contributed by atoms with Gasteiger partial charge in [-0.2, -0.15) is 18.4 Å². The maximum atomic E-state index is 12.8. The lowest BCUT2D eigenvalue weighted by atomic mass is 10.1. The quantitative estimate of drug-likeness (QED) is 0.742. The van der Waals surface area contributed by atoms with Gasteiger partial charge in [0.2, 0.25) is 0 Å². The van der Waals surface area contributed by atoms with Gasteiger partial charge in [0, 0.05) is 11.9 Å². The predicted molar refractivity (Wildman–Crippen MR) is 78.8 cm³/mol. The number of ether oxygens (including phenoxy) is 1. The van der Waals surface area contributed by atoms with Gasteiger partial charge < -0.3 is 4.74 Å². The van der Waals surface area contributed by atoms with E-state index in [9.17, 15) is 13.2 Å². The molecule has 0 atom stereocenters. The summed E-state index contributed by atoms with van der Waals surface area (Å²) in [6.07, 6.45) is -0.507. The average molecular weight is 320 g/mol. The third kappa shape index (κ3) is 4.99. The van der Waals surface area contributed by atoms with Crippen LogP contribution in [0.4, 0.5) is 13.2 Å². The lowest BCUT2D eigenvalue weighted by Crippen LogP contribution is -2.08. The molecule has 0 amide bonds. The van der Waals surface area contributed by atoms with Gasteiger partial charge in [0.1, 0.15) is 5.75 Å². The van der Waals surface area contributed by atoms with Crippen molar-refractivity contribution in [2.24, 2.45) is 0 Å². The monoisotopic (exact) mass is 320 g/mol. The van der Waals surface area contributed by atoms with Gasteiger partial charge in [0.15, 0.2) is 0 Å². The van der Waals surface area contributed by atoms with Crippen molar-refractivity contribution in [1.29, 1.82) is 5.26 Å². The Morgan fingerprint density at radius 1 is 1.13 bits per heavy atom. The molecular formula is C17H15F3N2O. The van der Waals surface area contributed by atoms with Gasteiger partial charge in [-0.05, 0) is 49.6 Å². The second-order valence-electron chi connectivity index (χ2n) is 4.94. The van der Waals surface area contributed by atoms with E-state index in [-0.39, 0.29) is 5.75 Å². The summed E-state index contributed by atoms with van der Waals surface area (Å²) < 4.78 is 43.8. The molecule has 0 N–H and O–H groups in total. The minimum absolute atomic E-state index is 0.120. The Morgan fingerprint density at radius 2 is 1.96 bits per heavy atom. The number of nitrogens with zero attached hydrogens (tertiary/aromatic N) is 2. The van der Waals surface area contributed by atoms with E-state index in [1.165, 1.54) is 6.07 Å². The molecule has 3 nitrogen and oxygen atoms in total. The largest absolute Gasteiger partial charge is 0.494 e.